The summed E-state index contributed by atoms with van der Waals surface area (Å²) < 4.78 is 17.2. The minimum absolute atomic E-state index is 0.0308. The Morgan fingerprint density at radius 3 is 1.46 bits per heavy atom. The smallest absolute Gasteiger partial charge is 0.306 e. The van der Waals surface area contributed by atoms with Gasteiger partial charge in [0.15, 0.2) is 6.10 Å². The van der Waals surface area contributed by atoms with Gasteiger partial charge in [-0.25, -0.2) is 0 Å². The minimum atomic E-state index is -1.13. The summed E-state index contributed by atoms with van der Waals surface area (Å²) in [4.78, 5) is 37.0. The Kier molecular flexibility index (Phi) is 42.0. The second-order valence-corrected chi connectivity index (χ2v) is 18.1. The van der Waals surface area contributed by atoms with Gasteiger partial charge in [-0.3, -0.25) is 9.59 Å². The van der Waals surface area contributed by atoms with E-state index in [2.05, 4.69) is 62.5 Å². The summed E-state index contributed by atoms with van der Waals surface area (Å²) in [5.41, 5.74) is 0. The van der Waals surface area contributed by atoms with Gasteiger partial charge >= 0.3 is 11.9 Å². The summed E-state index contributed by atoms with van der Waals surface area (Å²) in [5, 5.41) is 11.7. The number of carboxylic acid groups (broad SMARTS) is 1. The lowest BCUT2D eigenvalue weighted by Gasteiger charge is -2.34. The molecule has 0 aromatic heterocycles. The zero-order valence-corrected chi connectivity index (χ0v) is 40.3. The number of aliphatic carboxylic acids is 1. The highest BCUT2D eigenvalue weighted by Gasteiger charge is 2.25. The van der Waals surface area contributed by atoms with Gasteiger partial charge in [-0.05, 0) is 64.2 Å². The molecule has 8 heteroatoms. The van der Waals surface area contributed by atoms with Gasteiger partial charge in [0.05, 0.1) is 40.3 Å². The number of ether oxygens (including phenoxy) is 3. The van der Waals surface area contributed by atoms with Crippen molar-refractivity contribution in [2.24, 2.45) is 0 Å². The molecule has 0 amide bonds. The van der Waals surface area contributed by atoms with Gasteiger partial charge in [0.1, 0.15) is 12.6 Å². The van der Waals surface area contributed by atoms with Crippen molar-refractivity contribution in [3.8, 4) is 0 Å². The standard InChI is InChI=1S/C53H95NO7/c1-6-8-10-12-14-16-18-20-22-24-25-26-27-28-30-31-33-35-37-39-41-43-51(55)60-48-49(47-59-46-45-50(53(57)58)54(3,4)5)61-52(56)44-42-40-38-36-34-32-29-23-21-19-17-15-13-11-9-7-2/h8,10,14,16,23,29,32,34,49-50H,6-7,9,11-13,15,17-22,24-28,30-31,33,35-48H2,1-5H3/b10-8+,16-14+,29-23+,34-32+. The molecular weight excluding hydrogens is 763 g/mol. The zero-order chi connectivity index (χ0) is 44.9. The molecule has 0 bridgehead atoms. The number of nitrogens with zero attached hydrogens (tertiary/aromatic N) is 1. The van der Waals surface area contributed by atoms with Crippen LogP contribution in [-0.2, 0) is 28.6 Å². The van der Waals surface area contributed by atoms with Crippen molar-refractivity contribution in [3.63, 3.8) is 0 Å². The van der Waals surface area contributed by atoms with Crippen LogP contribution in [0, 0.1) is 0 Å². The van der Waals surface area contributed by atoms with E-state index in [0.717, 1.165) is 64.2 Å². The molecule has 0 aromatic carbocycles. The van der Waals surface area contributed by atoms with Crippen molar-refractivity contribution in [2.45, 2.75) is 231 Å². The van der Waals surface area contributed by atoms with Crippen LogP contribution in [0.4, 0.5) is 0 Å². The van der Waals surface area contributed by atoms with E-state index in [4.69, 9.17) is 14.2 Å². The Morgan fingerprint density at radius 2 is 0.967 bits per heavy atom. The van der Waals surface area contributed by atoms with E-state index in [-0.39, 0.29) is 49.1 Å². The van der Waals surface area contributed by atoms with Gasteiger partial charge in [0.2, 0.25) is 0 Å². The van der Waals surface area contributed by atoms with Crippen LogP contribution < -0.4 is 5.11 Å². The molecule has 0 saturated heterocycles. The first-order valence-electron chi connectivity index (χ1n) is 25.2. The fourth-order valence-corrected chi connectivity index (χ4v) is 7.34. The first-order valence-corrected chi connectivity index (χ1v) is 25.2. The van der Waals surface area contributed by atoms with E-state index in [0.29, 0.717) is 6.42 Å². The van der Waals surface area contributed by atoms with Crippen molar-refractivity contribution in [2.75, 3.05) is 41.0 Å². The van der Waals surface area contributed by atoms with Crippen molar-refractivity contribution in [3.05, 3.63) is 48.6 Å². The Balaban J connectivity index is 4.25. The van der Waals surface area contributed by atoms with Gasteiger partial charge in [-0.15, -0.1) is 0 Å². The number of quaternary nitrogens is 1. The van der Waals surface area contributed by atoms with E-state index in [1.807, 2.05) is 0 Å². The largest absolute Gasteiger partial charge is 0.544 e. The molecule has 0 N–H and O–H groups in total. The first-order chi connectivity index (χ1) is 29.6. The number of carbonyl (C=O) groups excluding carboxylic acids is 3. The van der Waals surface area contributed by atoms with Crippen molar-refractivity contribution in [1.29, 1.82) is 0 Å². The molecule has 61 heavy (non-hydrogen) atoms. The predicted octanol–water partition coefficient (Wildman–Crippen LogP) is 13.0. The van der Waals surface area contributed by atoms with Crippen LogP contribution >= 0.6 is 0 Å². The SMILES string of the molecule is CC/C=C/C/C=C/CCCCCCCCCCCCCCCCC(=O)OCC(COCCC(C(=O)[O-])[N+](C)(C)C)OC(=O)CCCCC/C=C/C=C/CCCCCCCCC. The van der Waals surface area contributed by atoms with Crippen LogP contribution in [0.5, 0.6) is 0 Å². The highest BCUT2D eigenvalue weighted by molar-refractivity contribution is 5.70. The van der Waals surface area contributed by atoms with Gasteiger partial charge in [0.25, 0.3) is 0 Å². The number of carbonyl (C=O) groups is 3. The monoisotopic (exact) mass is 858 g/mol. The summed E-state index contributed by atoms with van der Waals surface area (Å²) in [6.45, 7) is 4.55. The summed E-state index contributed by atoms with van der Waals surface area (Å²) in [5.74, 6) is -1.76. The number of esters is 2. The maximum absolute atomic E-state index is 12.7. The Labute approximate surface area is 376 Å². The van der Waals surface area contributed by atoms with E-state index in [1.54, 1.807) is 21.1 Å². The van der Waals surface area contributed by atoms with Crippen LogP contribution in [0.2, 0.25) is 0 Å². The molecule has 0 saturated carbocycles. The van der Waals surface area contributed by atoms with Crippen molar-refractivity contribution < 1.29 is 38.2 Å². The predicted molar refractivity (Wildman–Crippen MR) is 254 cm³/mol. The molecule has 2 atom stereocenters. The molecule has 0 aliphatic rings. The molecule has 8 nitrogen and oxygen atoms in total. The van der Waals surface area contributed by atoms with E-state index >= 15 is 0 Å². The number of carboxylic acids is 1. The molecule has 0 fully saturated rings. The van der Waals surface area contributed by atoms with Gasteiger partial charge in [0, 0.05) is 19.3 Å². The van der Waals surface area contributed by atoms with Crippen LogP contribution in [0.15, 0.2) is 48.6 Å². The van der Waals surface area contributed by atoms with Crippen molar-refractivity contribution in [1.82, 2.24) is 0 Å². The molecule has 2 unspecified atom stereocenters. The molecule has 0 aliphatic carbocycles. The fraction of sp³-hybridized carbons (Fsp3) is 0.792. The summed E-state index contributed by atoms with van der Waals surface area (Å²) in [7, 11) is 5.41. The normalized spacial score (nSPS) is 13.3. The van der Waals surface area contributed by atoms with Crippen LogP contribution in [0.1, 0.15) is 219 Å². The number of rotatable bonds is 45. The molecule has 0 aromatic rings. The minimum Gasteiger partial charge on any atom is -0.544 e. The zero-order valence-electron chi connectivity index (χ0n) is 40.3. The summed E-state index contributed by atoms with van der Waals surface area (Å²) >= 11 is 0. The Morgan fingerprint density at radius 1 is 0.525 bits per heavy atom. The number of hydrogen-bond donors (Lipinski definition) is 0. The van der Waals surface area contributed by atoms with Gasteiger partial charge in [-0.1, -0.05) is 184 Å². The van der Waals surface area contributed by atoms with E-state index in [9.17, 15) is 19.5 Å². The third kappa shape index (κ3) is 42.4. The molecule has 354 valence electrons. The highest BCUT2D eigenvalue weighted by Crippen LogP contribution is 2.15. The molecule has 0 spiro atoms. The first kappa shape index (κ1) is 58.3. The van der Waals surface area contributed by atoms with Crippen molar-refractivity contribution >= 4 is 17.9 Å². The van der Waals surface area contributed by atoms with Gasteiger partial charge < -0.3 is 28.6 Å². The van der Waals surface area contributed by atoms with E-state index in [1.165, 1.54) is 122 Å². The maximum Gasteiger partial charge on any atom is 0.306 e. The van der Waals surface area contributed by atoms with Crippen LogP contribution in [0.3, 0.4) is 0 Å². The molecule has 0 radical (unpaired) electrons. The fourth-order valence-electron chi connectivity index (χ4n) is 7.34. The second kappa shape index (κ2) is 43.9. The number of allylic oxidation sites excluding steroid dienone is 8. The summed E-state index contributed by atoms with van der Waals surface area (Å²) in [6, 6.07) is -0.731. The van der Waals surface area contributed by atoms with E-state index < -0.39 is 18.1 Å². The lowest BCUT2D eigenvalue weighted by Crippen LogP contribution is -2.55. The lowest BCUT2D eigenvalue weighted by molar-refractivity contribution is -0.889. The second-order valence-electron chi connectivity index (χ2n) is 18.1. The highest BCUT2D eigenvalue weighted by atomic mass is 16.6. The summed E-state index contributed by atoms with van der Waals surface area (Å²) in [6.07, 6.45) is 52.9. The average Bonchev–Trinajstić information content (AvgIpc) is 3.22. The Hall–Kier alpha value is -2.71. The third-order valence-corrected chi connectivity index (χ3v) is 11.2. The third-order valence-electron chi connectivity index (χ3n) is 11.2. The average molecular weight is 858 g/mol. The number of hydrogen-bond acceptors (Lipinski definition) is 7. The van der Waals surface area contributed by atoms with Crippen LogP contribution in [-0.4, -0.2) is 75.5 Å². The topological polar surface area (TPSA) is 102 Å². The number of likely N-dealkylation sites (N-methyl/N-ethyl adjacent to an activating group) is 1. The molecular formula is C53H95NO7. The Bertz CT molecular complexity index is 1140. The number of unbranched alkanes of at least 4 members (excludes halogenated alkanes) is 24. The molecule has 0 heterocycles. The molecule has 0 aliphatic heterocycles. The quantitative estimate of drug-likeness (QED) is 0.0198. The lowest BCUT2D eigenvalue weighted by atomic mass is 10.0. The maximum atomic E-state index is 12.7. The molecule has 0 rings (SSSR count). The van der Waals surface area contributed by atoms with Gasteiger partial charge in [-0.2, -0.15) is 0 Å². The van der Waals surface area contributed by atoms with Crippen LogP contribution in [0.25, 0.3) is 0 Å².